The Morgan fingerprint density at radius 1 is 1.00 bits per heavy atom. The van der Waals surface area contributed by atoms with E-state index in [4.69, 9.17) is 9.47 Å². The van der Waals surface area contributed by atoms with Crippen LogP contribution in [-0.2, 0) is 6.54 Å². The number of benzene rings is 2. The largest absolute Gasteiger partial charge is 0.497 e. The third-order valence-electron chi connectivity index (χ3n) is 3.00. The van der Waals surface area contributed by atoms with Crippen LogP contribution in [0.1, 0.15) is 5.56 Å². The fraction of sp³-hybridized carbons (Fsp3) is 0.250. The van der Waals surface area contributed by atoms with Gasteiger partial charge in [0.05, 0.1) is 14.2 Å². The number of nitrogens with one attached hydrogen (secondary N) is 1. The van der Waals surface area contributed by atoms with Gasteiger partial charge in [-0.2, -0.15) is 0 Å². The Morgan fingerprint density at radius 3 is 2.25 bits per heavy atom. The Kier molecular flexibility index (Phi) is 5.18. The summed E-state index contributed by atoms with van der Waals surface area (Å²) in [7, 11) is 3.32. The molecule has 0 unspecified atom stereocenters. The molecule has 0 aliphatic carbocycles. The first-order valence-corrected chi connectivity index (χ1v) is 7.58. The molecule has 0 atom stereocenters. The molecule has 3 nitrogen and oxygen atoms in total. The highest BCUT2D eigenvalue weighted by Gasteiger charge is 2.04. The lowest BCUT2D eigenvalue weighted by Crippen LogP contribution is -2.01. The molecule has 2 rings (SSSR count). The Labute approximate surface area is 124 Å². The lowest BCUT2D eigenvalue weighted by molar-refractivity contribution is 0.393. The molecule has 106 valence electrons. The molecule has 1 N–H and O–H groups in total. The van der Waals surface area contributed by atoms with Crippen LogP contribution < -0.4 is 14.8 Å². The molecule has 0 aliphatic heterocycles. The van der Waals surface area contributed by atoms with Crippen molar-refractivity contribution < 1.29 is 9.47 Å². The summed E-state index contributed by atoms with van der Waals surface area (Å²) in [6.07, 6.45) is 2.08. The molecule has 0 heterocycles. The maximum atomic E-state index is 5.28. The van der Waals surface area contributed by atoms with Crippen molar-refractivity contribution in [3.8, 4) is 11.5 Å². The third kappa shape index (κ3) is 3.61. The Bertz CT molecular complexity index is 550. The van der Waals surface area contributed by atoms with E-state index in [2.05, 4.69) is 23.7 Å². The summed E-state index contributed by atoms with van der Waals surface area (Å²) >= 11 is 1.73. The Balaban J connectivity index is 2.14. The van der Waals surface area contributed by atoms with Gasteiger partial charge in [0, 0.05) is 23.2 Å². The number of methoxy groups -OCH3 is 2. The van der Waals surface area contributed by atoms with Crippen molar-refractivity contribution in [3.63, 3.8) is 0 Å². The van der Waals surface area contributed by atoms with E-state index in [9.17, 15) is 0 Å². The molecule has 4 heteroatoms. The maximum Gasteiger partial charge on any atom is 0.122 e. The summed E-state index contributed by atoms with van der Waals surface area (Å²) in [4.78, 5) is 1.24. The van der Waals surface area contributed by atoms with Gasteiger partial charge in [0.25, 0.3) is 0 Å². The molecule has 0 aromatic heterocycles. The summed E-state index contributed by atoms with van der Waals surface area (Å²) in [5.74, 6) is 1.61. The van der Waals surface area contributed by atoms with Crippen LogP contribution in [0.25, 0.3) is 0 Å². The van der Waals surface area contributed by atoms with Crippen molar-refractivity contribution in [2.45, 2.75) is 11.4 Å². The minimum atomic E-state index is 0.727. The van der Waals surface area contributed by atoms with E-state index in [0.29, 0.717) is 0 Å². The van der Waals surface area contributed by atoms with Crippen molar-refractivity contribution in [2.24, 2.45) is 0 Å². The number of hydrogen-bond acceptors (Lipinski definition) is 4. The summed E-state index contributed by atoms with van der Waals surface area (Å²) < 4.78 is 10.6. The molecule has 0 bridgehead atoms. The molecule has 2 aromatic carbocycles. The van der Waals surface area contributed by atoms with Gasteiger partial charge in [0.1, 0.15) is 11.5 Å². The van der Waals surface area contributed by atoms with Crippen LogP contribution in [0.15, 0.2) is 47.4 Å². The molecule has 0 spiro atoms. The van der Waals surface area contributed by atoms with Gasteiger partial charge in [-0.05, 0) is 36.1 Å². The number of thioether (sulfide) groups is 1. The molecule has 0 amide bonds. The van der Waals surface area contributed by atoms with Gasteiger partial charge >= 0.3 is 0 Å². The van der Waals surface area contributed by atoms with Gasteiger partial charge in [-0.25, -0.2) is 0 Å². The molecular formula is C16H19NO2S. The van der Waals surface area contributed by atoms with Crippen LogP contribution >= 0.6 is 11.8 Å². The second-order valence-electron chi connectivity index (χ2n) is 4.27. The van der Waals surface area contributed by atoms with Crippen LogP contribution in [-0.4, -0.2) is 20.5 Å². The van der Waals surface area contributed by atoms with Crippen LogP contribution in [0.5, 0.6) is 11.5 Å². The first kappa shape index (κ1) is 14.6. The second-order valence-corrected chi connectivity index (χ2v) is 5.12. The number of ether oxygens (including phenoxy) is 2. The first-order valence-electron chi connectivity index (χ1n) is 6.35. The van der Waals surface area contributed by atoms with Crippen LogP contribution in [0.4, 0.5) is 5.69 Å². The minimum absolute atomic E-state index is 0.727. The normalized spacial score (nSPS) is 10.2. The second kappa shape index (κ2) is 7.10. The van der Waals surface area contributed by atoms with Crippen molar-refractivity contribution >= 4 is 17.4 Å². The van der Waals surface area contributed by atoms with Gasteiger partial charge < -0.3 is 14.8 Å². The van der Waals surface area contributed by atoms with Gasteiger partial charge in [-0.3, -0.25) is 0 Å². The lowest BCUT2D eigenvalue weighted by atomic mass is 10.2. The number of anilines is 1. The third-order valence-corrected chi connectivity index (χ3v) is 3.80. The van der Waals surface area contributed by atoms with Crippen molar-refractivity contribution in [1.82, 2.24) is 0 Å². The number of rotatable bonds is 6. The monoisotopic (exact) mass is 289 g/mol. The van der Waals surface area contributed by atoms with E-state index in [1.807, 2.05) is 30.3 Å². The zero-order chi connectivity index (χ0) is 14.4. The minimum Gasteiger partial charge on any atom is -0.497 e. The van der Waals surface area contributed by atoms with E-state index in [-0.39, 0.29) is 0 Å². The average Bonchev–Trinajstić information content (AvgIpc) is 2.52. The summed E-state index contributed by atoms with van der Waals surface area (Å²) in [6.45, 7) is 0.727. The SMILES string of the molecule is COc1cc(CNc2ccccc2SC)cc(OC)c1. The van der Waals surface area contributed by atoms with E-state index < -0.39 is 0 Å². The molecule has 0 radical (unpaired) electrons. The fourth-order valence-corrected chi connectivity index (χ4v) is 2.53. The highest BCUT2D eigenvalue weighted by atomic mass is 32.2. The molecule has 0 aliphatic rings. The highest BCUT2D eigenvalue weighted by molar-refractivity contribution is 7.98. The zero-order valence-electron chi connectivity index (χ0n) is 12.0. The van der Waals surface area contributed by atoms with Gasteiger partial charge in [-0.15, -0.1) is 11.8 Å². The van der Waals surface area contributed by atoms with Crippen molar-refractivity contribution in [2.75, 3.05) is 25.8 Å². The molecular weight excluding hydrogens is 270 g/mol. The number of para-hydroxylation sites is 1. The Hall–Kier alpha value is -1.81. The van der Waals surface area contributed by atoms with E-state index >= 15 is 0 Å². The van der Waals surface area contributed by atoms with Crippen LogP contribution in [0, 0.1) is 0 Å². The van der Waals surface area contributed by atoms with Crippen molar-refractivity contribution in [3.05, 3.63) is 48.0 Å². The van der Waals surface area contributed by atoms with Crippen LogP contribution in [0.2, 0.25) is 0 Å². The summed E-state index contributed by atoms with van der Waals surface area (Å²) in [5, 5.41) is 3.45. The quantitative estimate of drug-likeness (QED) is 0.813. The van der Waals surface area contributed by atoms with Crippen LogP contribution in [0.3, 0.4) is 0 Å². The molecule has 2 aromatic rings. The summed E-state index contributed by atoms with van der Waals surface area (Å²) in [5.41, 5.74) is 2.26. The van der Waals surface area contributed by atoms with E-state index in [0.717, 1.165) is 29.3 Å². The average molecular weight is 289 g/mol. The maximum absolute atomic E-state index is 5.28. The van der Waals surface area contributed by atoms with E-state index in [1.54, 1.807) is 26.0 Å². The first-order chi connectivity index (χ1) is 9.76. The Morgan fingerprint density at radius 2 is 1.65 bits per heavy atom. The topological polar surface area (TPSA) is 30.5 Å². The lowest BCUT2D eigenvalue weighted by Gasteiger charge is -2.12. The molecule has 20 heavy (non-hydrogen) atoms. The molecule has 0 saturated carbocycles. The molecule has 0 fully saturated rings. The van der Waals surface area contributed by atoms with Gasteiger partial charge in [-0.1, -0.05) is 12.1 Å². The predicted octanol–water partition coefficient (Wildman–Crippen LogP) is 4.04. The zero-order valence-corrected chi connectivity index (χ0v) is 12.8. The van der Waals surface area contributed by atoms with Crippen molar-refractivity contribution in [1.29, 1.82) is 0 Å². The van der Waals surface area contributed by atoms with Gasteiger partial charge in [0.15, 0.2) is 0 Å². The predicted molar refractivity (Wildman–Crippen MR) is 85.1 cm³/mol. The smallest absolute Gasteiger partial charge is 0.122 e. The standard InChI is InChI=1S/C16H19NO2S/c1-18-13-8-12(9-14(10-13)19-2)11-17-15-6-4-5-7-16(15)20-3/h4-10,17H,11H2,1-3H3. The van der Waals surface area contributed by atoms with E-state index in [1.165, 1.54) is 4.90 Å². The fourth-order valence-electron chi connectivity index (χ4n) is 1.96. The summed E-state index contributed by atoms with van der Waals surface area (Å²) in [6, 6.07) is 14.2. The van der Waals surface area contributed by atoms with Gasteiger partial charge in [0.2, 0.25) is 0 Å². The highest BCUT2D eigenvalue weighted by Crippen LogP contribution is 2.27. The number of hydrogen-bond donors (Lipinski definition) is 1. The molecule has 0 saturated heterocycles.